The van der Waals surface area contributed by atoms with Crippen molar-refractivity contribution in [2.24, 2.45) is 5.92 Å². The third-order valence-electron chi connectivity index (χ3n) is 3.75. The Balaban J connectivity index is 1.80. The van der Waals surface area contributed by atoms with E-state index in [1.165, 1.54) is 6.07 Å². The lowest BCUT2D eigenvalue weighted by Crippen LogP contribution is -2.09. The largest absolute Gasteiger partial charge is 0.481 e. The van der Waals surface area contributed by atoms with Crippen molar-refractivity contribution in [1.29, 1.82) is 0 Å². The van der Waals surface area contributed by atoms with Gasteiger partial charge in [0.15, 0.2) is 0 Å². The Morgan fingerprint density at radius 1 is 1.43 bits per heavy atom. The molecule has 0 radical (unpaired) electrons. The Labute approximate surface area is 128 Å². The molecule has 1 N–H and O–H groups in total. The summed E-state index contributed by atoms with van der Waals surface area (Å²) in [5.74, 6) is -0.664. The molecule has 2 unspecified atom stereocenters. The van der Waals surface area contributed by atoms with Gasteiger partial charge in [0.2, 0.25) is 11.7 Å². The third kappa shape index (κ3) is 2.83. The smallest absolute Gasteiger partial charge is 0.306 e. The fraction of sp³-hybridized carbons (Fsp3) is 0.357. The van der Waals surface area contributed by atoms with E-state index >= 15 is 0 Å². The third-order valence-corrected chi connectivity index (χ3v) is 4.36. The van der Waals surface area contributed by atoms with Crippen LogP contribution in [0, 0.1) is 11.7 Å². The van der Waals surface area contributed by atoms with Crippen molar-refractivity contribution in [2.75, 3.05) is 0 Å². The molecule has 1 saturated carbocycles. The summed E-state index contributed by atoms with van der Waals surface area (Å²) in [4.78, 5) is 15.3. The fourth-order valence-electron chi connectivity index (χ4n) is 2.58. The van der Waals surface area contributed by atoms with E-state index in [0.717, 1.165) is 6.42 Å². The van der Waals surface area contributed by atoms with Gasteiger partial charge in [-0.1, -0.05) is 5.16 Å². The maximum Gasteiger partial charge on any atom is 0.306 e. The predicted octanol–water partition coefficient (Wildman–Crippen LogP) is 3.61. The maximum absolute atomic E-state index is 13.2. The van der Waals surface area contributed by atoms with Crippen LogP contribution in [0.3, 0.4) is 0 Å². The minimum atomic E-state index is -0.778. The van der Waals surface area contributed by atoms with Gasteiger partial charge in [-0.25, -0.2) is 4.39 Å². The number of rotatable bonds is 3. The van der Waals surface area contributed by atoms with Crippen LogP contribution in [0.5, 0.6) is 0 Å². The van der Waals surface area contributed by atoms with Gasteiger partial charge in [-0.05, 0) is 53.4 Å². The topological polar surface area (TPSA) is 76.2 Å². The van der Waals surface area contributed by atoms with Crippen LogP contribution < -0.4 is 0 Å². The minimum Gasteiger partial charge on any atom is -0.481 e. The highest BCUT2D eigenvalue weighted by Crippen LogP contribution is 2.38. The number of benzene rings is 1. The van der Waals surface area contributed by atoms with Crippen molar-refractivity contribution >= 4 is 21.9 Å². The van der Waals surface area contributed by atoms with Gasteiger partial charge in [-0.2, -0.15) is 4.98 Å². The molecule has 0 bridgehead atoms. The quantitative estimate of drug-likeness (QED) is 0.910. The van der Waals surface area contributed by atoms with Crippen molar-refractivity contribution in [3.05, 3.63) is 34.4 Å². The van der Waals surface area contributed by atoms with E-state index in [-0.39, 0.29) is 17.7 Å². The zero-order valence-corrected chi connectivity index (χ0v) is 12.5. The van der Waals surface area contributed by atoms with E-state index in [4.69, 9.17) is 9.63 Å². The van der Waals surface area contributed by atoms with E-state index in [1.54, 1.807) is 12.1 Å². The molecule has 1 aromatic carbocycles. The normalized spacial score (nSPS) is 21.6. The number of carbonyl (C=O) groups is 1. The summed E-state index contributed by atoms with van der Waals surface area (Å²) in [7, 11) is 0. The first-order chi connectivity index (χ1) is 10.0. The predicted molar refractivity (Wildman–Crippen MR) is 75.1 cm³/mol. The summed E-state index contributed by atoms with van der Waals surface area (Å²) < 4.78 is 18.8. The van der Waals surface area contributed by atoms with Crippen molar-refractivity contribution in [2.45, 2.75) is 25.2 Å². The summed E-state index contributed by atoms with van der Waals surface area (Å²) in [6.45, 7) is 0. The number of hydrogen-bond donors (Lipinski definition) is 1. The first-order valence-electron chi connectivity index (χ1n) is 6.56. The summed E-state index contributed by atoms with van der Waals surface area (Å²) >= 11 is 3.11. The summed E-state index contributed by atoms with van der Waals surface area (Å²) in [6, 6.07) is 4.48. The van der Waals surface area contributed by atoms with Gasteiger partial charge in [0.05, 0.1) is 10.4 Å². The molecule has 0 aliphatic heterocycles. The molecule has 3 rings (SSSR count). The van der Waals surface area contributed by atoms with Crippen LogP contribution >= 0.6 is 15.9 Å². The van der Waals surface area contributed by atoms with Gasteiger partial charge < -0.3 is 9.63 Å². The van der Waals surface area contributed by atoms with Crippen LogP contribution in [0.1, 0.15) is 31.1 Å². The van der Waals surface area contributed by atoms with Crippen LogP contribution in [-0.2, 0) is 4.79 Å². The lowest BCUT2D eigenvalue weighted by Gasteiger charge is -2.02. The molecule has 0 saturated heterocycles. The zero-order chi connectivity index (χ0) is 15.0. The molecule has 1 aromatic heterocycles. The molecule has 1 fully saturated rings. The molecule has 7 heteroatoms. The summed E-state index contributed by atoms with van der Waals surface area (Å²) in [5.41, 5.74) is 0.644. The number of halogens is 2. The average molecular weight is 355 g/mol. The van der Waals surface area contributed by atoms with Gasteiger partial charge in [0.1, 0.15) is 5.82 Å². The monoisotopic (exact) mass is 354 g/mol. The second kappa shape index (κ2) is 5.55. The molecule has 1 aliphatic carbocycles. The standard InChI is InChI=1S/C14H12BrFN2O3/c15-10-6-7(3-4-11(10)16)12-17-13(21-18-12)8-1-2-9(5-8)14(19)20/h3-4,6,8-9H,1-2,5H2,(H,19,20). The van der Waals surface area contributed by atoms with Crippen molar-refractivity contribution in [3.8, 4) is 11.4 Å². The van der Waals surface area contributed by atoms with Gasteiger partial charge in [-0.3, -0.25) is 4.79 Å². The Hall–Kier alpha value is -1.76. The number of carboxylic acids is 1. The first kappa shape index (κ1) is 14.2. The minimum absolute atomic E-state index is 0.0174. The molecule has 110 valence electrons. The van der Waals surface area contributed by atoms with Crippen LogP contribution in [0.2, 0.25) is 0 Å². The van der Waals surface area contributed by atoms with E-state index < -0.39 is 5.97 Å². The highest BCUT2D eigenvalue weighted by Gasteiger charge is 2.33. The van der Waals surface area contributed by atoms with Crippen LogP contribution in [0.4, 0.5) is 4.39 Å². The molecule has 5 nitrogen and oxygen atoms in total. The highest BCUT2D eigenvalue weighted by molar-refractivity contribution is 9.10. The molecular formula is C14H12BrFN2O3. The van der Waals surface area contributed by atoms with Crippen molar-refractivity contribution in [3.63, 3.8) is 0 Å². The Bertz CT molecular complexity index is 689. The molecule has 0 amide bonds. The molecule has 1 heterocycles. The second-order valence-corrected chi connectivity index (χ2v) is 5.98. The van der Waals surface area contributed by atoms with E-state index in [2.05, 4.69) is 26.1 Å². The van der Waals surface area contributed by atoms with Crippen molar-refractivity contribution < 1.29 is 18.8 Å². The molecule has 21 heavy (non-hydrogen) atoms. The molecule has 2 atom stereocenters. The fourth-order valence-corrected chi connectivity index (χ4v) is 2.96. The summed E-state index contributed by atoms with van der Waals surface area (Å²) in [5, 5.41) is 12.9. The SMILES string of the molecule is O=C(O)C1CCC(c2nc(-c3ccc(F)c(Br)c3)no2)C1. The van der Waals surface area contributed by atoms with E-state index in [0.29, 0.717) is 34.6 Å². The lowest BCUT2D eigenvalue weighted by molar-refractivity contribution is -0.141. The van der Waals surface area contributed by atoms with Gasteiger partial charge >= 0.3 is 5.97 Å². The number of aromatic nitrogens is 2. The average Bonchev–Trinajstić information content (AvgIpc) is 3.09. The summed E-state index contributed by atoms with van der Waals surface area (Å²) in [6.07, 6.45) is 1.87. The number of aliphatic carboxylic acids is 1. The Morgan fingerprint density at radius 3 is 2.90 bits per heavy atom. The molecule has 0 spiro atoms. The highest BCUT2D eigenvalue weighted by atomic mass is 79.9. The van der Waals surface area contributed by atoms with Gasteiger partial charge in [0, 0.05) is 11.5 Å². The Morgan fingerprint density at radius 2 is 2.24 bits per heavy atom. The molecular weight excluding hydrogens is 343 g/mol. The van der Waals surface area contributed by atoms with E-state index in [9.17, 15) is 9.18 Å². The number of nitrogens with zero attached hydrogens (tertiary/aromatic N) is 2. The van der Waals surface area contributed by atoms with Gasteiger partial charge in [0.25, 0.3) is 0 Å². The van der Waals surface area contributed by atoms with Crippen molar-refractivity contribution in [1.82, 2.24) is 10.1 Å². The number of hydrogen-bond acceptors (Lipinski definition) is 4. The van der Waals surface area contributed by atoms with Crippen LogP contribution in [0.25, 0.3) is 11.4 Å². The van der Waals surface area contributed by atoms with E-state index in [1.807, 2.05) is 0 Å². The van der Waals surface area contributed by atoms with Crippen LogP contribution in [-0.4, -0.2) is 21.2 Å². The zero-order valence-electron chi connectivity index (χ0n) is 10.9. The lowest BCUT2D eigenvalue weighted by atomic mass is 10.1. The van der Waals surface area contributed by atoms with Crippen LogP contribution in [0.15, 0.2) is 27.2 Å². The first-order valence-corrected chi connectivity index (χ1v) is 7.35. The maximum atomic E-state index is 13.2. The second-order valence-electron chi connectivity index (χ2n) is 5.13. The Kier molecular flexibility index (Phi) is 3.75. The number of carboxylic acid groups (broad SMARTS) is 1. The molecule has 1 aliphatic rings. The molecule has 2 aromatic rings. The van der Waals surface area contributed by atoms with Gasteiger partial charge in [-0.15, -0.1) is 0 Å².